The lowest BCUT2D eigenvalue weighted by Gasteiger charge is -2.15. The van der Waals surface area contributed by atoms with Crippen LogP contribution in [0.2, 0.25) is 0 Å². The van der Waals surface area contributed by atoms with Gasteiger partial charge < -0.3 is 0 Å². The third kappa shape index (κ3) is 31.5. The smallest absolute Gasteiger partial charge is 0.0280 e. The molecule has 0 aromatic heterocycles. The summed E-state index contributed by atoms with van der Waals surface area (Å²) in [6, 6.07) is 10.2. The number of hydrogen-bond acceptors (Lipinski definition) is 0. The first-order valence-corrected chi connectivity index (χ1v) is 30.5. The maximum absolute atomic E-state index is 3.59. The van der Waals surface area contributed by atoms with E-state index in [2.05, 4.69) is 87.8 Å². The molecule has 0 unspecified atom stereocenters. The van der Waals surface area contributed by atoms with Crippen LogP contribution in [-0.4, -0.2) is 0 Å². The van der Waals surface area contributed by atoms with E-state index in [0.717, 1.165) is 25.7 Å². The first-order valence-electron chi connectivity index (χ1n) is 30.5. The Labute approximate surface area is 426 Å². The van der Waals surface area contributed by atoms with Crippen molar-refractivity contribution in [1.82, 2.24) is 0 Å². The predicted molar refractivity (Wildman–Crippen MR) is 309 cm³/mol. The van der Waals surface area contributed by atoms with Crippen molar-refractivity contribution in [2.75, 3.05) is 0 Å². The maximum atomic E-state index is 3.59. The van der Waals surface area contributed by atoms with Gasteiger partial charge in [-0.05, 0) is 111 Å². The van der Waals surface area contributed by atoms with Gasteiger partial charge in [0.2, 0.25) is 0 Å². The molecule has 2 aromatic rings. The van der Waals surface area contributed by atoms with Crippen LogP contribution in [0.15, 0.2) is 24.3 Å². The number of hydrogen-bond donors (Lipinski definition) is 0. The van der Waals surface area contributed by atoms with Crippen LogP contribution < -0.4 is 0 Å². The standard InChI is InChI=1S/C68H112/c1-7-13-17-21-25-29-33-37-41-45-51-63-59-67(65(57-61(63)49-11-5)53-47-43-39-35-31-27-23-19-15-9-3)55-56-68-60-64(52-46-42-38-34-30-26-22-18-14-8-2)62(50-12-6)58-66(68)54-48-44-40-36-32-28-24-20-16-10-4/h55-60H,7-10,13-48,51-54H2,1-6H3/b56-55+. The number of unbranched alkanes of at least 4 members (excludes halogenated alkanes) is 36. The van der Waals surface area contributed by atoms with E-state index >= 15 is 0 Å². The molecule has 0 bridgehead atoms. The Bertz CT molecular complexity index is 1510. The Morgan fingerprint density at radius 1 is 0.265 bits per heavy atom. The Morgan fingerprint density at radius 3 is 0.691 bits per heavy atom. The molecule has 0 aliphatic carbocycles. The molecule has 0 aliphatic rings. The van der Waals surface area contributed by atoms with Crippen molar-refractivity contribution in [3.63, 3.8) is 0 Å². The highest BCUT2D eigenvalue weighted by Gasteiger charge is 2.12. The summed E-state index contributed by atoms with van der Waals surface area (Å²) in [6.45, 7) is 13.3. The van der Waals surface area contributed by atoms with Gasteiger partial charge in [-0.1, -0.05) is 295 Å². The number of rotatable bonds is 46. The first kappa shape index (κ1) is 61.4. The zero-order valence-electron chi connectivity index (χ0n) is 46.6. The summed E-state index contributed by atoms with van der Waals surface area (Å²) in [5, 5.41) is 0. The topological polar surface area (TPSA) is 0 Å². The molecule has 0 heterocycles. The third-order valence-electron chi connectivity index (χ3n) is 14.9. The molecule has 68 heavy (non-hydrogen) atoms. The van der Waals surface area contributed by atoms with Crippen LogP contribution in [0.5, 0.6) is 0 Å². The summed E-state index contributed by atoms with van der Waals surface area (Å²) in [5.41, 5.74) is 11.4. The van der Waals surface area contributed by atoms with Crippen molar-refractivity contribution in [2.45, 2.75) is 324 Å². The van der Waals surface area contributed by atoms with Crippen molar-refractivity contribution in [3.8, 4) is 23.7 Å². The molecule has 0 amide bonds. The molecule has 0 radical (unpaired) electrons. The normalized spacial score (nSPS) is 11.3. The van der Waals surface area contributed by atoms with Crippen LogP contribution in [0.4, 0.5) is 0 Å². The van der Waals surface area contributed by atoms with Gasteiger partial charge >= 0.3 is 0 Å². The second-order valence-corrected chi connectivity index (χ2v) is 21.2. The van der Waals surface area contributed by atoms with E-state index in [1.54, 1.807) is 0 Å². The van der Waals surface area contributed by atoms with Crippen molar-refractivity contribution < 1.29 is 0 Å². The predicted octanol–water partition coefficient (Wildman–Crippen LogP) is 22.5. The lowest BCUT2D eigenvalue weighted by molar-refractivity contribution is 0.555. The highest BCUT2D eigenvalue weighted by molar-refractivity contribution is 5.75. The molecule has 2 rings (SSSR count). The monoisotopic (exact) mass is 929 g/mol. The van der Waals surface area contributed by atoms with Gasteiger partial charge in [0.1, 0.15) is 0 Å². The summed E-state index contributed by atoms with van der Waals surface area (Å²) in [7, 11) is 0. The average Bonchev–Trinajstić information content (AvgIpc) is 3.34. The number of aryl methyl sites for hydroxylation is 4. The summed E-state index contributed by atoms with van der Waals surface area (Å²) in [5.74, 6) is 13.8. The molecule has 384 valence electrons. The molecule has 0 aliphatic heterocycles. The van der Waals surface area contributed by atoms with E-state index in [0.29, 0.717) is 0 Å². The summed E-state index contributed by atoms with van der Waals surface area (Å²) >= 11 is 0. The van der Waals surface area contributed by atoms with Crippen LogP contribution in [0.25, 0.3) is 12.2 Å². The third-order valence-corrected chi connectivity index (χ3v) is 14.9. The summed E-state index contributed by atoms with van der Waals surface area (Å²) in [4.78, 5) is 0. The molecule has 2 aromatic carbocycles. The van der Waals surface area contributed by atoms with Crippen LogP contribution in [0.1, 0.15) is 343 Å². The fourth-order valence-corrected chi connectivity index (χ4v) is 10.5. The van der Waals surface area contributed by atoms with Gasteiger partial charge in [-0.15, -0.1) is 11.8 Å². The number of benzene rings is 2. The van der Waals surface area contributed by atoms with E-state index in [4.69, 9.17) is 0 Å². The molecular weight excluding hydrogens is 817 g/mol. The Morgan fingerprint density at radius 2 is 0.471 bits per heavy atom. The van der Waals surface area contributed by atoms with Gasteiger partial charge in [-0.2, -0.15) is 0 Å². The molecule has 0 fully saturated rings. The lowest BCUT2D eigenvalue weighted by atomic mass is 9.90. The fourth-order valence-electron chi connectivity index (χ4n) is 10.5. The molecule has 0 N–H and O–H groups in total. The van der Waals surface area contributed by atoms with Crippen LogP contribution >= 0.6 is 0 Å². The maximum Gasteiger partial charge on any atom is 0.0280 e. The van der Waals surface area contributed by atoms with E-state index < -0.39 is 0 Å². The van der Waals surface area contributed by atoms with Gasteiger partial charge in [0.05, 0.1) is 0 Å². The summed E-state index contributed by atoms with van der Waals surface area (Å²) < 4.78 is 0. The average molecular weight is 930 g/mol. The minimum atomic E-state index is 1.14. The van der Waals surface area contributed by atoms with E-state index in [-0.39, 0.29) is 0 Å². The molecule has 0 atom stereocenters. The highest BCUT2D eigenvalue weighted by atomic mass is 14.2. The highest BCUT2D eigenvalue weighted by Crippen LogP contribution is 2.28. The Balaban J connectivity index is 2.34. The molecule has 0 spiro atoms. The zero-order valence-corrected chi connectivity index (χ0v) is 46.6. The SMILES string of the molecule is CC#Cc1cc(CCCCCCCCCCCC)c(/C=C/c2cc(CCCCCCCCCCCC)c(C#CC)cc2CCCCCCCCCCCC)cc1CCCCCCCCCCCC. The van der Waals surface area contributed by atoms with Gasteiger partial charge in [-0.25, -0.2) is 0 Å². The molecule has 0 saturated heterocycles. The van der Waals surface area contributed by atoms with Gasteiger partial charge in [-0.3, -0.25) is 0 Å². The molecule has 0 saturated carbocycles. The van der Waals surface area contributed by atoms with E-state index in [1.807, 2.05) is 13.8 Å². The Hall–Kier alpha value is -2.70. The molecular formula is C68H112. The minimum absolute atomic E-state index is 1.14. The lowest BCUT2D eigenvalue weighted by Crippen LogP contribution is -2.00. The van der Waals surface area contributed by atoms with Gasteiger partial charge in [0, 0.05) is 11.1 Å². The van der Waals surface area contributed by atoms with Crippen molar-refractivity contribution in [3.05, 3.63) is 68.8 Å². The van der Waals surface area contributed by atoms with E-state index in [9.17, 15) is 0 Å². The first-order chi connectivity index (χ1) is 33.6. The van der Waals surface area contributed by atoms with Crippen molar-refractivity contribution in [2.24, 2.45) is 0 Å². The zero-order chi connectivity index (χ0) is 48.8. The second kappa shape index (κ2) is 45.4. The molecule has 0 nitrogen and oxygen atoms in total. The fraction of sp³-hybridized carbons (Fsp3) is 0.735. The quantitative estimate of drug-likeness (QED) is 0.0353. The van der Waals surface area contributed by atoms with Crippen molar-refractivity contribution in [1.29, 1.82) is 0 Å². The van der Waals surface area contributed by atoms with Gasteiger partial charge in [0.15, 0.2) is 0 Å². The Kier molecular flexibility index (Phi) is 41.0. The van der Waals surface area contributed by atoms with Crippen molar-refractivity contribution >= 4 is 12.2 Å². The summed E-state index contributed by atoms with van der Waals surface area (Å²) in [6.07, 6.45) is 64.7. The van der Waals surface area contributed by atoms with Crippen LogP contribution in [-0.2, 0) is 25.7 Å². The largest absolute Gasteiger partial charge is 0.101 e. The van der Waals surface area contributed by atoms with E-state index in [1.165, 1.54) is 301 Å². The van der Waals surface area contributed by atoms with Crippen LogP contribution in [0.3, 0.4) is 0 Å². The van der Waals surface area contributed by atoms with Crippen LogP contribution in [0, 0.1) is 23.7 Å². The van der Waals surface area contributed by atoms with Gasteiger partial charge in [0.25, 0.3) is 0 Å². The second-order valence-electron chi connectivity index (χ2n) is 21.2. The minimum Gasteiger partial charge on any atom is -0.101 e. The molecule has 0 heteroatoms.